The number of nitrogens with one attached hydrogen (secondary N) is 1. The summed E-state index contributed by atoms with van der Waals surface area (Å²) in [6.45, 7) is 0. The van der Waals surface area contributed by atoms with Crippen molar-refractivity contribution in [1.29, 1.82) is 0 Å². The van der Waals surface area contributed by atoms with Crippen molar-refractivity contribution in [2.24, 2.45) is 0 Å². The van der Waals surface area contributed by atoms with Crippen LogP contribution in [-0.2, 0) is 0 Å². The molecule has 1 aliphatic heterocycles. The number of thioether (sulfide) groups is 1. The molecule has 1 aliphatic rings. The molecule has 5 nitrogen and oxygen atoms in total. The smallest absolute Gasteiger partial charge is 0.247 e. The molecule has 132 valence electrons. The van der Waals surface area contributed by atoms with Gasteiger partial charge in [0.1, 0.15) is 0 Å². The van der Waals surface area contributed by atoms with Gasteiger partial charge in [-0.1, -0.05) is 66.4 Å². The second-order valence-corrected chi connectivity index (χ2v) is 7.02. The lowest BCUT2D eigenvalue weighted by atomic mass is 10.1. The van der Waals surface area contributed by atoms with Crippen LogP contribution in [0.1, 0.15) is 11.8 Å². The van der Waals surface area contributed by atoms with E-state index in [0.717, 1.165) is 16.8 Å². The fraction of sp³-hybridized carbons (Fsp3) is 0.0952. The molecule has 4 aromatic rings. The zero-order valence-corrected chi connectivity index (χ0v) is 15.4. The molecular formula is C21H16N4OS. The monoisotopic (exact) mass is 372 g/mol. The van der Waals surface area contributed by atoms with E-state index in [0.29, 0.717) is 16.7 Å². The van der Waals surface area contributed by atoms with Gasteiger partial charge in [-0.25, -0.2) is 0 Å². The number of anilines is 1. The number of hydrogen-bond donors (Lipinski definition) is 1. The van der Waals surface area contributed by atoms with Crippen LogP contribution >= 0.6 is 11.8 Å². The van der Waals surface area contributed by atoms with Gasteiger partial charge in [0, 0.05) is 16.8 Å². The van der Waals surface area contributed by atoms with E-state index < -0.39 is 0 Å². The van der Waals surface area contributed by atoms with Crippen LogP contribution in [0.15, 0.2) is 71.9 Å². The van der Waals surface area contributed by atoms with Gasteiger partial charge in [0.2, 0.25) is 11.0 Å². The normalized spacial score (nSPS) is 15.2. The molecule has 0 bridgehead atoms. The number of para-hydroxylation sites is 1. The largest absolute Gasteiger partial charge is 0.448 e. The highest BCUT2D eigenvalue weighted by Crippen LogP contribution is 2.39. The van der Waals surface area contributed by atoms with Crippen molar-refractivity contribution in [3.05, 3.63) is 72.3 Å². The Hall–Kier alpha value is -3.12. The Morgan fingerprint density at radius 1 is 0.926 bits per heavy atom. The van der Waals surface area contributed by atoms with Gasteiger partial charge in [0.25, 0.3) is 0 Å². The lowest BCUT2D eigenvalue weighted by Crippen LogP contribution is -2.17. The first-order chi connectivity index (χ1) is 13.3. The van der Waals surface area contributed by atoms with Crippen molar-refractivity contribution >= 4 is 28.2 Å². The first-order valence-electron chi connectivity index (χ1n) is 8.62. The standard InChI is InChI=1S/C21H16N4OS/c1-27-21-23-20-18(24-25-21)16-8-4-5-9-17(16)22-19(26-20)15-11-10-13-6-2-3-7-14(13)12-15/h2-12,19,22H,1H3/t19-/m0/s1. The molecule has 6 heteroatoms. The van der Waals surface area contributed by atoms with Crippen molar-refractivity contribution in [3.63, 3.8) is 0 Å². The number of hydrogen-bond acceptors (Lipinski definition) is 6. The Bertz CT molecular complexity index is 1150. The lowest BCUT2D eigenvalue weighted by molar-refractivity contribution is 0.225. The third kappa shape index (κ3) is 2.88. The Balaban J connectivity index is 1.65. The molecular weight excluding hydrogens is 356 g/mol. The summed E-state index contributed by atoms with van der Waals surface area (Å²) in [5, 5.41) is 15.0. The third-order valence-corrected chi connectivity index (χ3v) is 5.13. The second-order valence-electron chi connectivity index (χ2n) is 6.25. The summed E-state index contributed by atoms with van der Waals surface area (Å²) >= 11 is 1.44. The lowest BCUT2D eigenvalue weighted by Gasteiger charge is -2.19. The van der Waals surface area contributed by atoms with Crippen molar-refractivity contribution in [2.45, 2.75) is 11.4 Å². The molecule has 0 saturated carbocycles. The zero-order chi connectivity index (χ0) is 18.2. The van der Waals surface area contributed by atoms with Crippen LogP contribution < -0.4 is 10.1 Å². The number of ether oxygens (including phenoxy) is 1. The van der Waals surface area contributed by atoms with E-state index in [4.69, 9.17) is 4.74 Å². The van der Waals surface area contributed by atoms with E-state index >= 15 is 0 Å². The molecule has 27 heavy (non-hydrogen) atoms. The van der Waals surface area contributed by atoms with Gasteiger partial charge in [0.15, 0.2) is 11.9 Å². The predicted octanol–water partition coefficient (Wildman–Crippen LogP) is 4.92. The fourth-order valence-electron chi connectivity index (χ4n) is 3.26. The van der Waals surface area contributed by atoms with Gasteiger partial charge in [-0.15, -0.1) is 10.2 Å². The Morgan fingerprint density at radius 3 is 2.63 bits per heavy atom. The summed E-state index contributed by atoms with van der Waals surface area (Å²) in [7, 11) is 0. The summed E-state index contributed by atoms with van der Waals surface area (Å²) < 4.78 is 6.28. The second kappa shape index (κ2) is 6.55. The quantitative estimate of drug-likeness (QED) is 0.504. The summed E-state index contributed by atoms with van der Waals surface area (Å²) in [6, 6.07) is 22.6. The van der Waals surface area contributed by atoms with Crippen molar-refractivity contribution in [3.8, 4) is 17.1 Å². The number of nitrogens with zero attached hydrogens (tertiary/aromatic N) is 3. The van der Waals surface area contributed by atoms with Gasteiger partial charge in [-0.2, -0.15) is 4.98 Å². The van der Waals surface area contributed by atoms with E-state index in [2.05, 4.69) is 50.8 Å². The van der Waals surface area contributed by atoms with Crippen LogP contribution in [-0.4, -0.2) is 21.4 Å². The van der Waals surface area contributed by atoms with Crippen LogP contribution in [0.25, 0.3) is 22.0 Å². The third-order valence-electron chi connectivity index (χ3n) is 4.59. The van der Waals surface area contributed by atoms with Gasteiger partial charge in [0.05, 0.1) is 0 Å². The van der Waals surface area contributed by atoms with E-state index in [9.17, 15) is 0 Å². The van der Waals surface area contributed by atoms with Crippen LogP contribution in [0.3, 0.4) is 0 Å². The van der Waals surface area contributed by atoms with Gasteiger partial charge < -0.3 is 10.1 Å². The van der Waals surface area contributed by atoms with E-state index in [1.54, 1.807) is 0 Å². The molecule has 2 heterocycles. The molecule has 0 radical (unpaired) electrons. The summed E-state index contributed by atoms with van der Waals surface area (Å²) in [6.07, 6.45) is 1.55. The number of aromatic nitrogens is 3. The Kier molecular flexibility index (Phi) is 3.90. The van der Waals surface area contributed by atoms with Gasteiger partial charge >= 0.3 is 0 Å². The highest BCUT2D eigenvalue weighted by Gasteiger charge is 2.25. The van der Waals surface area contributed by atoms with Crippen LogP contribution in [0.2, 0.25) is 0 Å². The molecule has 1 atom stereocenters. The zero-order valence-electron chi connectivity index (χ0n) is 14.6. The maximum Gasteiger partial charge on any atom is 0.247 e. The van der Waals surface area contributed by atoms with E-state index in [1.165, 1.54) is 22.5 Å². The molecule has 5 rings (SSSR count). The molecule has 0 spiro atoms. The highest BCUT2D eigenvalue weighted by atomic mass is 32.2. The summed E-state index contributed by atoms with van der Waals surface area (Å²) in [4.78, 5) is 4.56. The molecule has 0 aliphatic carbocycles. The minimum Gasteiger partial charge on any atom is -0.448 e. The maximum absolute atomic E-state index is 6.28. The highest BCUT2D eigenvalue weighted by molar-refractivity contribution is 7.98. The SMILES string of the molecule is CSc1nnc2c(n1)O[C@@H](c1ccc3ccccc3c1)Nc1ccccc1-2. The molecule has 1 aromatic heterocycles. The molecule has 0 amide bonds. The van der Waals surface area contributed by atoms with Crippen molar-refractivity contribution in [2.75, 3.05) is 11.6 Å². The molecule has 0 saturated heterocycles. The van der Waals surface area contributed by atoms with Gasteiger partial charge in [-0.3, -0.25) is 0 Å². The van der Waals surface area contributed by atoms with E-state index in [-0.39, 0.29) is 6.23 Å². The average Bonchev–Trinajstić information content (AvgIpc) is 2.89. The number of benzene rings is 3. The minimum atomic E-state index is -0.372. The first kappa shape index (κ1) is 16.1. The maximum atomic E-state index is 6.28. The fourth-order valence-corrected chi connectivity index (χ4v) is 3.55. The average molecular weight is 372 g/mol. The molecule has 3 aromatic carbocycles. The van der Waals surface area contributed by atoms with Crippen LogP contribution in [0.4, 0.5) is 5.69 Å². The number of rotatable bonds is 2. The summed E-state index contributed by atoms with van der Waals surface area (Å²) in [5.74, 6) is 0.491. The summed E-state index contributed by atoms with van der Waals surface area (Å²) in [5.41, 5.74) is 3.56. The van der Waals surface area contributed by atoms with Crippen molar-refractivity contribution in [1.82, 2.24) is 15.2 Å². The topological polar surface area (TPSA) is 59.9 Å². The van der Waals surface area contributed by atoms with E-state index in [1.807, 2.05) is 42.7 Å². The van der Waals surface area contributed by atoms with Crippen molar-refractivity contribution < 1.29 is 4.74 Å². The van der Waals surface area contributed by atoms with Crippen LogP contribution in [0.5, 0.6) is 5.88 Å². The molecule has 0 unspecified atom stereocenters. The number of fused-ring (bicyclic) bond motifs is 4. The Labute approximate surface area is 160 Å². The predicted molar refractivity (Wildman–Crippen MR) is 108 cm³/mol. The minimum absolute atomic E-state index is 0.372. The molecule has 1 N–H and O–H groups in total. The first-order valence-corrected chi connectivity index (χ1v) is 9.84. The molecule has 0 fully saturated rings. The van der Waals surface area contributed by atoms with Crippen LogP contribution in [0, 0.1) is 0 Å². The Morgan fingerprint density at radius 2 is 1.74 bits per heavy atom. The van der Waals surface area contributed by atoms with Gasteiger partial charge in [-0.05, 0) is 29.2 Å².